The van der Waals surface area contributed by atoms with Gasteiger partial charge in [0.25, 0.3) is 5.91 Å². The van der Waals surface area contributed by atoms with Gasteiger partial charge in [0, 0.05) is 10.5 Å². The first-order valence-electron chi connectivity index (χ1n) is 5.89. The van der Waals surface area contributed by atoms with Crippen molar-refractivity contribution in [1.29, 1.82) is 5.26 Å². The Labute approximate surface area is 126 Å². The smallest absolute Gasteiger partial charge is 0.337 e. The first kappa shape index (κ1) is 14.6. The van der Waals surface area contributed by atoms with Gasteiger partial charge in [-0.05, 0) is 42.5 Å². The Morgan fingerprint density at radius 1 is 1.14 bits per heavy atom. The third kappa shape index (κ3) is 3.41. The number of aromatic carboxylic acids is 1. The Kier molecular flexibility index (Phi) is 4.26. The zero-order chi connectivity index (χ0) is 15.4. The summed E-state index contributed by atoms with van der Waals surface area (Å²) in [5, 5.41) is 20.4. The Morgan fingerprint density at radius 3 is 2.38 bits per heavy atom. The molecule has 0 saturated heterocycles. The summed E-state index contributed by atoms with van der Waals surface area (Å²) in [6.07, 6.45) is 0. The minimum absolute atomic E-state index is 0.131. The highest BCUT2D eigenvalue weighted by Gasteiger charge is 2.14. The van der Waals surface area contributed by atoms with Gasteiger partial charge < -0.3 is 10.4 Å². The Hall–Kier alpha value is -2.78. The van der Waals surface area contributed by atoms with Gasteiger partial charge in [0.05, 0.1) is 22.9 Å². The van der Waals surface area contributed by atoms with Crippen molar-refractivity contribution in [2.75, 3.05) is 5.32 Å². The Morgan fingerprint density at radius 2 is 1.81 bits per heavy atom. The molecular weight excluding hydrogens is 288 g/mol. The number of carboxylic acids is 1. The van der Waals surface area contributed by atoms with Crippen LogP contribution in [0.5, 0.6) is 0 Å². The highest BCUT2D eigenvalue weighted by Crippen LogP contribution is 2.19. The minimum Gasteiger partial charge on any atom is -0.478 e. The van der Waals surface area contributed by atoms with Crippen molar-refractivity contribution < 1.29 is 14.7 Å². The second-order valence-electron chi connectivity index (χ2n) is 4.18. The fraction of sp³-hybridized carbons (Fsp3) is 0. The van der Waals surface area contributed by atoms with Gasteiger partial charge >= 0.3 is 5.97 Å². The number of amides is 1. The van der Waals surface area contributed by atoms with Crippen LogP contribution >= 0.6 is 12.6 Å². The van der Waals surface area contributed by atoms with Crippen LogP contribution in [0.2, 0.25) is 0 Å². The lowest BCUT2D eigenvalue weighted by Crippen LogP contribution is -2.14. The van der Waals surface area contributed by atoms with Crippen LogP contribution in [0.15, 0.2) is 47.4 Å². The number of benzene rings is 2. The third-order valence-corrected chi connectivity index (χ3v) is 3.05. The SMILES string of the molecule is N#Cc1ccc(NC(=O)c2ccc(S)cc2)c(C(=O)O)c1. The number of hydrogen-bond acceptors (Lipinski definition) is 4. The molecule has 2 rings (SSSR count). The second kappa shape index (κ2) is 6.11. The number of hydrogen-bond donors (Lipinski definition) is 3. The molecule has 6 heteroatoms. The highest BCUT2D eigenvalue weighted by atomic mass is 32.1. The van der Waals surface area contributed by atoms with Crippen molar-refractivity contribution in [3.05, 3.63) is 59.2 Å². The van der Waals surface area contributed by atoms with Crippen LogP contribution in [0.3, 0.4) is 0 Å². The van der Waals surface area contributed by atoms with Gasteiger partial charge in [-0.1, -0.05) is 0 Å². The highest BCUT2D eigenvalue weighted by molar-refractivity contribution is 7.80. The van der Waals surface area contributed by atoms with Crippen LogP contribution in [0.25, 0.3) is 0 Å². The van der Waals surface area contributed by atoms with E-state index in [9.17, 15) is 9.59 Å². The molecule has 2 aromatic rings. The molecule has 1 amide bonds. The van der Waals surface area contributed by atoms with E-state index in [1.165, 1.54) is 18.2 Å². The summed E-state index contributed by atoms with van der Waals surface area (Å²) in [5.74, 6) is -1.65. The average molecular weight is 298 g/mol. The van der Waals surface area contributed by atoms with Gasteiger partial charge in [0.15, 0.2) is 0 Å². The maximum Gasteiger partial charge on any atom is 0.337 e. The van der Waals surface area contributed by atoms with Gasteiger partial charge in [-0.2, -0.15) is 5.26 Å². The van der Waals surface area contributed by atoms with Crippen molar-refractivity contribution >= 4 is 30.2 Å². The van der Waals surface area contributed by atoms with Crippen molar-refractivity contribution in [2.24, 2.45) is 0 Å². The van der Waals surface area contributed by atoms with E-state index in [0.29, 0.717) is 5.56 Å². The summed E-state index contributed by atoms with van der Waals surface area (Å²) < 4.78 is 0. The summed E-state index contributed by atoms with van der Waals surface area (Å²) in [6, 6.07) is 12.4. The van der Waals surface area contributed by atoms with Crippen LogP contribution in [0.4, 0.5) is 5.69 Å². The van der Waals surface area contributed by atoms with Gasteiger partial charge in [0.1, 0.15) is 0 Å². The number of nitrogens with zero attached hydrogens (tertiary/aromatic N) is 1. The van der Waals surface area contributed by atoms with E-state index in [-0.39, 0.29) is 16.8 Å². The quantitative estimate of drug-likeness (QED) is 0.760. The maximum absolute atomic E-state index is 12.1. The van der Waals surface area contributed by atoms with Crippen LogP contribution in [0.1, 0.15) is 26.3 Å². The molecule has 0 saturated carbocycles. The zero-order valence-corrected chi connectivity index (χ0v) is 11.6. The number of carbonyl (C=O) groups is 2. The van der Waals surface area contributed by atoms with Crippen LogP contribution in [-0.2, 0) is 0 Å². The first-order valence-corrected chi connectivity index (χ1v) is 6.34. The summed E-state index contributed by atoms with van der Waals surface area (Å²) in [5.41, 5.74) is 0.605. The molecule has 2 aromatic carbocycles. The summed E-state index contributed by atoms with van der Waals surface area (Å²) in [6.45, 7) is 0. The molecule has 2 N–H and O–H groups in total. The summed E-state index contributed by atoms with van der Waals surface area (Å²) in [4.78, 5) is 24.0. The van der Waals surface area contributed by atoms with Crippen molar-refractivity contribution in [3.63, 3.8) is 0 Å². The van der Waals surface area contributed by atoms with Crippen LogP contribution in [0, 0.1) is 11.3 Å². The topological polar surface area (TPSA) is 90.2 Å². The van der Waals surface area contributed by atoms with Gasteiger partial charge in [0.2, 0.25) is 0 Å². The molecule has 5 nitrogen and oxygen atoms in total. The van der Waals surface area contributed by atoms with E-state index in [0.717, 1.165) is 4.90 Å². The summed E-state index contributed by atoms with van der Waals surface area (Å²) in [7, 11) is 0. The lowest BCUT2D eigenvalue weighted by atomic mass is 10.1. The largest absolute Gasteiger partial charge is 0.478 e. The molecular formula is C15H10N2O3S. The third-order valence-electron chi connectivity index (χ3n) is 2.76. The predicted molar refractivity (Wildman–Crippen MR) is 79.8 cm³/mol. The van der Waals surface area contributed by atoms with Gasteiger partial charge in [-0.3, -0.25) is 4.79 Å². The number of nitriles is 1. The zero-order valence-electron chi connectivity index (χ0n) is 10.7. The van der Waals surface area contributed by atoms with E-state index in [1.54, 1.807) is 24.3 Å². The van der Waals surface area contributed by atoms with E-state index in [2.05, 4.69) is 17.9 Å². The number of carbonyl (C=O) groups excluding carboxylic acids is 1. The van der Waals surface area contributed by atoms with Crippen molar-refractivity contribution in [1.82, 2.24) is 0 Å². The number of thiol groups is 1. The fourth-order valence-electron chi connectivity index (χ4n) is 1.71. The Balaban J connectivity index is 2.31. The predicted octanol–water partition coefficient (Wildman–Crippen LogP) is 2.80. The van der Waals surface area contributed by atoms with Crippen LogP contribution in [-0.4, -0.2) is 17.0 Å². The molecule has 0 aliphatic rings. The molecule has 104 valence electrons. The molecule has 0 unspecified atom stereocenters. The Bertz CT molecular complexity index is 749. The minimum atomic E-state index is -1.21. The van der Waals surface area contributed by atoms with E-state index in [1.807, 2.05) is 6.07 Å². The van der Waals surface area contributed by atoms with E-state index in [4.69, 9.17) is 10.4 Å². The molecule has 0 fully saturated rings. The van der Waals surface area contributed by atoms with Crippen molar-refractivity contribution in [2.45, 2.75) is 4.90 Å². The van der Waals surface area contributed by atoms with Crippen molar-refractivity contribution in [3.8, 4) is 6.07 Å². The molecule has 21 heavy (non-hydrogen) atoms. The molecule has 0 aliphatic carbocycles. The monoisotopic (exact) mass is 298 g/mol. The fourth-order valence-corrected chi connectivity index (χ4v) is 1.86. The molecule has 0 aliphatic heterocycles. The van der Waals surface area contributed by atoms with E-state index < -0.39 is 11.9 Å². The number of carboxylic acid groups (broad SMARTS) is 1. The van der Waals surface area contributed by atoms with Gasteiger partial charge in [-0.15, -0.1) is 12.6 Å². The molecule has 0 aromatic heterocycles. The standard InChI is InChI=1S/C15H10N2O3S/c16-8-9-1-6-13(12(7-9)15(19)20)17-14(18)10-2-4-11(21)5-3-10/h1-7,21H,(H,17,18)(H,19,20). The molecule has 0 bridgehead atoms. The van der Waals surface area contributed by atoms with Crippen LogP contribution < -0.4 is 5.32 Å². The molecule has 0 radical (unpaired) electrons. The lowest BCUT2D eigenvalue weighted by Gasteiger charge is -2.09. The first-order chi connectivity index (χ1) is 10.0. The number of anilines is 1. The molecule has 0 spiro atoms. The number of rotatable bonds is 3. The van der Waals surface area contributed by atoms with E-state index >= 15 is 0 Å². The normalized spacial score (nSPS) is 9.71. The molecule has 0 atom stereocenters. The molecule has 0 heterocycles. The summed E-state index contributed by atoms with van der Waals surface area (Å²) >= 11 is 4.12. The maximum atomic E-state index is 12.1. The lowest BCUT2D eigenvalue weighted by molar-refractivity contribution is 0.0698. The average Bonchev–Trinajstić information content (AvgIpc) is 2.48. The second-order valence-corrected chi connectivity index (χ2v) is 4.69. The van der Waals surface area contributed by atoms with Gasteiger partial charge in [-0.25, -0.2) is 4.79 Å². The number of nitrogens with one attached hydrogen (secondary N) is 1.